The second kappa shape index (κ2) is 7.29. The number of rotatable bonds is 6. The number of fused-ring (bicyclic) bond motifs is 1. The third kappa shape index (κ3) is 3.35. The minimum Gasteiger partial charge on any atom is -0.390 e. The topological polar surface area (TPSA) is 131 Å². The third-order valence-electron chi connectivity index (χ3n) is 5.21. The van der Waals surface area contributed by atoms with Crippen molar-refractivity contribution in [3.05, 3.63) is 51.9 Å². The molecule has 1 unspecified atom stereocenters. The van der Waals surface area contributed by atoms with Crippen molar-refractivity contribution in [3.63, 3.8) is 0 Å². The van der Waals surface area contributed by atoms with E-state index in [0.717, 1.165) is 36.1 Å². The van der Waals surface area contributed by atoms with E-state index in [4.69, 9.17) is 22.7 Å². The highest BCUT2D eigenvalue weighted by Gasteiger charge is 2.38. The largest absolute Gasteiger partial charge is 0.390 e. The zero-order valence-electron chi connectivity index (χ0n) is 14.5. The Morgan fingerprint density at radius 3 is 2.73 bits per heavy atom. The molecule has 3 rings (SSSR count). The third-order valence-corrected chi connectivity index (χ3v) is 6.27. The van der Waals surface area contributed by atoms with Crippen LogP contribution in [0.1, 0.15) is 45.6 Å². The summed E-state index contributed by atoms with van der Waals surface area (Å²) in [5.41, 5.74) is 14.6. The van der Waals surface area contributed by atoms with Gasteiger partial charge in [0.15, 0.2) is 0 Å². The van der Waals surface area contributed by atoms with Crippen LogP contribution in [0.3, 0.4) is 0 Å². The number of nitrogens with two attached hydrogens (primary N) is 3. The van der Waals surface area contributed by atoms with Crippen molar-refractivity contribution >= 4 is 34.2 Å². The molecular weight excluding hydrogens is 346 g/mol. The second-order valence-electron chi connectivity index (χ2n) is 6.73. The maximum Gasteiger partial charge on any atom is 0.251 e. The molecule has 136 valence electrons. The molecule has 1 aliphatic carbocycles. The molecule has 1 amide bonds. The number of anilines is 1. The summed E-state index contributed by atoms with van der Waals surface area (Å²) in [6.45, 7) is 0. The summed E-state index contributed by atoms with van der Waals surface area (Å²) in [7, 11) is 0. The van der Waals surface area contributed by atoms with E-state index in [1.54, 1.807) is 0 Å². The average Bonchev–Trinajstić information content (AvgIpc) is 2.96. The van der Waals surface area contributed by atoms with Gasteiger partial charge in [0.25, 0.3) is 5.91 Å². The lowest BCUT2D eigenvalue weighted by molar-refractivity contribution is 0.1000. The van der Waals surface area contributed by atoms with Crippen LogP contribution in [0, 0.1) is 5.41 Å². The predicted molar refractivity (Wildman–Crippen MR) is 107 cm³/mol. The standard InChI is InChI=1S/C19H23N5OS/c20-13(11-24-23)6-8-19(12-4-2-1-3-5-12)9-7-14-15(10-19)26-18(22)16(14)17(21)25/h1-5,11,20H,6-10,22-23H2,(H2,21,25)/b20-13?,24-11-. The van der Waals surface area contributed by atoms with Gasteiger partial charge < -0.3 is 22.7 Å². The lowest BCUT2D eigenvalue weighted by atomic mass is 9.66. The van der Waals surface area contributed by atoms with Crippen LogP contribution in [0.5, 0.6) is 0 Å². The maximum absolute atomic E-state index is 11.8. The number of hydrogen-bond donors (Lipinski definition) is 4. The van der Waals surface area contributed by atoms with Crippen LogP contribution in [-0.4, -0.2) is 17.8 Å². The van der Waals surface area contributed by atoms with E-state index >= 15 is 0 Å². The molecule has 7 N–H and O–H groups in total. The van der Waals surface area contributed by atoms with Crippen LogP contribution < -0.4 is 17.3 Å². The number of nitrogens with zero attached hydrogens (tertiary/aromatic N) is 1. The monoisotopic (exact) mass is 369 g/mol. The van der Waals surface area contributed by atoms with Gasteiger partial charge in [0, 0.05) is 10.3 Å². The van der Waals surface area contributed by atoms with Crippen molar-refractivity contribution in [2.45, 2.75) is 37.5 Å². The van der Waals surface area contributed by atoms with Gasteiger partial charge in [-0.3, -0.25) is 4.79 Å². The van der Waals surface area contributed by atoms with E-state index in [1.165, 1.54) is 23.1 Å². The fourth-order valence-corrected chi connectivity index (χ4v) is 5.16. The number of hydrazone groups is 1. The van der Waals surface area contributed by atoms with Crippen LogP contribution in [-0.2, 0) is 18.3 Å². The van der Waals surface area contributed by atoms with Gasteiger partial charge in [-0.05, 0) is 43.2 Å². The first kappa shape index (κ1) is 18.1. The first-order valence-electron chi connectivity index (χ1n) is 8.53. The summed E-state index contributed by atoms with van der Waals surface area (Å²) in [5, 5.41) is 11.9. The van der Waals surface area contributed by atoms with Gasteiger partial charge in [-0.1, -0.05) is 30.3 Å². The van der Waals surface area contributed by atoms with Crippen LogP contribution >= 0.6 is 11.3 Å². The molecule has 0 radical (unpaired) electrons. The molecular formula is C19H23N5OS. The molecule has 1 aromatic carbocycles. The molecule has 1 atom stereocenters. The highest BCUT2D eigenvalue weighted by molar-refractivity contribution is 7.16. The Balaban J connectivity index is 1.97. The summed E-state index contributed by atoms with van der Waals surface area (Å²) >= 11 is 1.46. The Labute approximate surface area is 156 Å². The van der Waals surface area contributed by atoms with Crippen molar-refractivity contribution < 1.29 is 4.79 Å². The zero-order valence-corrected chi connectivity index (χ0v) is 15.3. The number of thiophene rings is 1. The number of benzene rings is 1. The number of nitrogen functional groups attached to an aromatic ring is 1. The molecule has 2 aromatic rings. The van der Waals surface area contributed by atoms with Gasteiger partial charge in [0.05, 0.1) is 22.5 Å². The molecule has 1 heterocycles. The molecule has 6 nitrogen and oxygen atoms in total. The molecule has 0 saturated carbocycles. The van der Waals surface area contributed by atoms with E-state index in [1.807, 2.05) is 18.2 Å². The van der Waals surface area contributed by atoms with E-state index in [-0.39, 0.29) is 5.41 Å². The van der Waals surface area contributed by atoms with Gasteiger partial charge in [0.2, 0.25) is 0 Å². The van der Waals surface area contributed by atoms with Gasteiger partial charge in [-0.15, -0.1) is 11.3 Å². The fraction of sp³-hybridized carbons (Fsp3) is 0.316. The van der Waals surface area contributed by atoms with Crippen molar-refractivity contribution in [1.29, 1.82) is 5.41 Å². The second-order valence-corrected chi connectivity index (χ2v) is 7.87. The summed E-state index contributed by atoms with van der Waals surface area (Å²) in [6.07, 6.45) is 5.23. The summed E-state index contributed by atoms with van der Waals surface area (Å²) < 4.78 is 0. The quantitative estimate of drug-likeness (QED) is 0.354. The van der Waals surface area contributed by atoms with E-state index in [2.05, 4.69) is 17.2 Å². The Kier molecular flexibility index (Phi) is 5.08. The lowest BCUT2D eigenvalue weighted by Crippen LogP contribution is -2.34. The number of hydrogen-bond acceptors (Lipinski definition) is 6. The van der Waals surface area contributed by atoms with Gasteiger partial charge in [-0.2, -0.15) is 5.10 Å². The number of carbonyl (C=O) groups excluding carboxylic acids is 1. The Morgan fingerprint density at radius 1 is 1.35 bits per heavy atom. The Morgan fingerprint density at radius 2 is 2.08 bits per heavy atom. The average molecular weight is 369 g/mol. The number of primary amides is 1. The zero-order chi connectivity index (χ0) is 18.7. The van der Waals surface area contributed by atoms with E-state index < -0.39 is 5.91 Å². The van der Waals surface area contributed by atoms with Crippen molar-refractivity contribution in [2.24, 2.45) is 16.7 Å². The first-order chi connectivity index (χ1) is 12.5. The fourth-order valence-electron chi connectivity index (χ4n) is 3.90. The number of amides is 1. The van der Waals surface area contributed by atoms with Crippen LogP contribution in [0.15, 0.2) is 35.4 Å². The van der Waals surface area contributed by atoms with Crippen molar-refractivity contribution in [3.8, 4) is 0 Å². The summed E-state index contributed by atoms with van der Waals surface area (Å²) in [6, 6.07) is 10.4. The molecule has 1 aromatic heterocycles. The van der Waals surface area contributed by atoms with Crippen LogP contribution in [0.25, 0.3) is 0 Å². The highest BCUT2D eigenvalue weighted by Crippen LogP contribution is 2.46. The molecule has 0 spiro atoms. The molecule has 0 bridgehead atoms. The Bertz CT molecular complexity index is 858. The molecule has 0 aliphatic heterocycles. The van der Waals surface area contributed by atoms with Gasteiger partial charge >= 0.3 is 0 Å². The van der Waals surface area contributed by atoms with E-state index in [0.29, 0.717) is 22.7 Å². The van der Waals surface area contributed by atoms with Crippen LogP contribution in [0.2, 0.25) is 0 Å². The van der Waals surface area contributed by atoms with Crippen molar-refractivity contribution in [2.75, 3.05) is 5.73 Å². The molecule has 26 heavy (non-hydrogen) atoms. The number of carbonyl (C=O) groups is 1. The van der Waals surface area contributed by atoms with Gasteiger partial charge in [0.1, 0.15) is 0 Å². The smallest absolute Gasteiger partial charge is 0.251 e. The van der Waals surface area contributed by atoms with E-state index in [9.17, 15) is 4.79 Å². The van der Waals surface area contributed by atoms with Crippen molar-refractivity contribution in [1.82, 2.24) is 0 Å². The number of nitrogens with one attached hydrogen (secondary N) is 1. The molecule has 0 fully saturated rings. The summed E-state index contributed by atoms with van der Waals surface area (Å²) in [4.78, 5) is 12.9. The first-order valence-corrected chi connectivity index (χ1v) is 9.34. The summed E-state index contributed by atoms with van der Waals surface area (Å²) in [5.74, 6) is 4.72. The van der Waals surface area contributed by atoms with Gasteiger partial charge in [-0.25, -0.2) is 0 Å². The minimum absolute atomic E-state index is 0.102. The molecule has 7 heteroatoms. The highest BCUT2D eigenvalue weighted by atomic mass is 32.1. The minimum atomic E-state index is -0.451. The Hall–Kier alpha value is -2.67. The SMILES string of the molecule is N=C(/C=N\N)CCC1(c2ccccc2)CCc2c(sc(N)c2C(N)=O)C1. The molecule has 1 aliphatic rings. The molecule has 0 saturated heterocycles. The normalized spacial score (nSPS) is 19.4. The van der Waals surface area contributed by atoms with Crippen LogP contribution in [0.4, 0.5) is 5.00 Å². The predicted octanol–water partition coefficient (Wildman–Crippen LogP) is 2.60. The lowest BCUT2D eigenvalue weighted by Gasteiger charge is -2.38. The maximum atomic E-state index is 11.8.